The van der Waals surface area contributed by atoms with Gasteiger partial charge in [-0.15, -0.1) is 11.3 Å². The van der Waals surface area contributed by atoms with E-state index in [4.69, 9.17) is 11.6 Å². The molecule has 0 aliphatic rings. The van der Waals surface area contributed by atoms with Gasteiger partial charge in [0.2, 0.25) is 0 Å². The van der Waals surface area contributed by atoms with E-state index in [0.717, 1.165) is 22.6 Å². The first-order valence-corrected chi connectivity index (χ1v) is 9.10. The van der Waals surface area contributed by atoms with Gasteiger partial charge in [-0.25, -0.2) is 13.6 Å². The highest BCUT2D eigenvalue weighted by atomic mass is 35.5. The number of hydrogen-bond acceptors (Lipinski definition) is 3. The van der Waals surface area contributed by atoms with Crippen molar-refractivity contribution in [2.75, 3.05) is 0 Å². The van der Waals surface area contributed by atoms with E-state index < -0.39 is 34.8 Å². The highest BCUT2D eigenvalue weighted by Gasteiger charge is 2.17. The molecular weight excluding hydrogens is 408 g/mol. The Kier molecular flexibility index (Phi) is 5.87. The Labute approximate surface area is 167 Å². The highest BCUT2D eigenvalue weighted by molar-refractivity contribution is 7.16. The van der Waals surface area contributed by atoms with Crippen LogP contribution in [0.4, 0.5) is 8.78 Å². The zero-order chi connectivity index (χ0) is 20.3. The minimum atomic E-state index is -1.40. The molecule has 0 unspecified atom stereocenters. The summed E-state index contributed by atoms with van der Waals surface area (Å²) in [5, 5.41) is 12.1. The van der Waals surface area contributed by atoms with Crippen LogP contribution in [0.1, 0.15) is 15.2 Å². The second-order valence-corrected chi connectivity index (χ2v) is 7.15. The van der Waals surface area contributed by atoms with Crippen LogP contribution in [0.25, 0.3) is 16.5 Å². The van der Waals surface area contributed by atoms with E-state index in [1.807, 2.05) is 12.1 Å². The number of nitrogens with one attached hydrogen (secondary N) is 1. The Morgan fingerprint density at radius 3 is 2.50 bits per heavy atom. The molecule has 0 radical (unpaired) electrons. The third kappa shape index (κ3) is 4.44. The Bertz CT molecular complexity index is 1090. The SMILES string of the molecule is O=C(O)/C(=C/c1ccc(-c2ccccc2Cl)s1)NC(=O)c1ccc(F)cc1F. The quantitative estimate of drug-likeness (QED) is 0.558. The molecule has 0 aliphatic heterocycles. The number of thiophene rings is 1. The van der Waals surface area contributed by atoms with E-state index in [-0.39, 0.29) is 0 Å². The molecule has 142 valence electrons. The molecule has 2 N–H and O–H groups in total. The first kappa shape index (κ1) is 19.7. The van der Waals surface area contributed by atoms with E-state index in [2.05, 4.69) is 5.32 Å². The third-order valence-electron chi connectivity index (χ3n) is 3.71. The van der Waals surface area contributed by atoms with E-state index in [1.54, 1.807) is 24.3 Å². The number of carboxylic acids is 1. The Balaban J connectivity index is 1.87. The first-order chi connectivity index (χ1) is 13.3. The van der Waals surface area contributed by atoms with Gasteiger partial charge in [0.05, 0.1) is 5.56 Å². The summed E-state index contributed by atoms with van der Waals surface area (Å²) >= 11 is 7.44. The van der Waals surface area contributed by atoms with Gasteiger partial charge in [-0.1, -0.05) is 29.8 Å². The topological polar surface area (TPSA) is 66.4 Å². The summed E-state index contributed by atoms with van der Waals surface area (Å²) in [7, 11) is 0. The molecule has 8 heteroatoms. The van der Waals surface area contributed by atoms with Gasteiger partial charge < -0.3 is 10.4 Å². The van der Waals surface area contributed by atoms with Crippen molar-refractivity contribution in [3.63, 3.8) is 0 Å². The number of rotatable bonds is 5. The van der Waals surface area contributed by atoms with Crippen molar-refractivity contribution >= 4 is 40.9 Å². The van der Waals surface area contributed by atoms with Crippen LogP contribution in [0.3, 0.4) is 0 Å². The van der Waals surface area contributed by atoms with Crippen molar-refractivity contribution in [1.82, 2.24) is 5.32 Å². The fourth-order valence-corrected chi connectivity index (χ4v) is 3.68. The maximum absolute atomic E-state index is 13.7. The second-order valence-electron chi connectivity index (χ2n) is 5.62. The van der Waals surface area contributed by atoms with Gasteiger partial charge in [0, 0.05) is 26.4 Å². The number of carbonyl (C=O) groups is 2. The van der Waals surface area contributed by atoms with Crippen LogP contribution >= 0.6 is 22.9 Å². The van der Waals surface area contributed by atoms with E-state index in [1.165, 1.54) is 17.4 Å². The summed E-state index contributed by atoms with van der Waals surface area (Å²) in [5.41, 5.74) is -0.110. The number of carbonyl (C=O) groups excluding carboxylic acids is 1. The fourth-order valence-electron chi connectivity index (χ4n) is 2.39. The minimum Gasteiger partial charge on any atom is -0.477 e. The third-order valence-corrected chi connectivity index (χ3v) is 5.10. The molecular formula is C20H12ClF2NO3S. The molecule has 2 aromatic carbocycles. The number of carboxylic acid groups (broad SMARTS) is 1. The van der Waals surface area contributed by atoms with Gasteiger partial charge in [0.1, 0.15) is 17.3 Å². The normalized spacial score (nSPS) is 11.3. The van der Waals surface area contributed by atoms with Gasteiger partial charge in [-0.05, 0) is 36.4 Å². The van der Waals surface area contributed by atoms with E-state index in [9.17, 15) is 23.5 Å². The predicted octanol–water partition coefficient (Wildman–Crippen LogP) is 5.20. The number of halogens is 3. The van der Waals surface area contributed by atoms with Crippen molar-refractivity contribution < 1.29 is 23.5 Å². The first-order valence-electron chi connectivity index (χ1n) is 7.91. The smallest absolute Gasteiger partial charge is 0.352 e. The van der Waals surface area contributed by atoms with Crippen LogP contribution in [0.15, 0.2) is 60.3 Å². The lowest BCUT2D eigenvalue weighted by atomic mass is 10.2. The summed E-state index contributed by atoms with van der Waals surface area (Å²) in [6, 6.07) is 13.1. The minimum absolute atomic E-state index is 0.443. The molecule has 0 fully saturated rings. The Morgan fingerprint density at radius 1 is 1.07 bits per heavy atom. The maximum Gasteiger partial charge on any atom is 0.352 e. The monoisotopic (exact) mass is 419 g/mol. The summed E-state index contributed by atoms with van der Waals surface area (Å²) in [5.74, 6) is -4.31. The molecule has 0 atom stereocenters. The van der Waals surface area contributed by atoms with Crippen molar-refractivity contribution in [1.29, 1.82) is 0 Å². The molecule has 4 nitrogen and oxygen atoms in total. The van der Waals surface area contributed by atoms with Crippen molar-refractivity contribution in [3.05, 3.63) is 87.4 Å². The van der Waals surface area contributed by atoms with Crippen LogP contribution in [0.2, 0.25) is 5.02 Å². The average Bonchev–Trinajstić information content (AvgIpc) is 3.09. The standard InChI is InChI=1S/C20H12ClF2NO3S/c21-15-4-2-1-3-13(15)18-8-6-12(28-18)10-17(20(26)27)24-19(25)14-7-5-11(22)9-16(14)23/h1-10H,(H,24,25)(H,26,27)/b17-10-. The molecule has 0 saturated carbocycles. The second kappa shape index (κ2) is 8.33. The summed E-state index contributed by atoms with van der Waals surface area (Å²) in [6.45, 7) is 0. The lowest BCUT2D eigenvalue weighted by Crippen LogP contribution is -2.27. The van der Waals surface area contributed by atoms with Crippen LogP contribution in [0.5, 0.6) is 0 Å². The molecule has 0 aliphatic carbocycles. The largest absolute Gasteiger partial charge is 0.477 e. The van der Waals surface area contributed by atoms with Gasteiger partial charge >= 0.3 is 5.97 Å². The van der Waals surface area contributed by atoms with Crippen LogP contribution in [0, 0.1) is 11.6 Å². The Morgan fingerprint density at radius 2 is 1.82 bits per heavy atom. The highest BCUT2D eigenvalue weighted by Crippen LogP contribution is 2.33. The van der Waals surface area contributed by atoms with Crippen molar-refractivity contribution in [2.24, 2.45) is 0 Å². The lowest BCUT2D eigenvalue weighted by Gasteiger charge is -2.06. The Hall–Kier alpha value is -3.03. The molecule has 3 aromatic rings. The van der Waals surface area contributed by atoms with Gasteiger partial charge in [0.15, 0.2) is 0 Å². The van der Waals surface area contributed by atoms with Gasteiger partial charge in [-0.2, -0.15) is 0 Å². The zero-order valence-electron chi connectivity index (χ0n) is 14.1. The van der Waals surface area contributed by atoms with Crippen molar-refractivity contribution in [2.45, 2.75) is 0 Å². The number of aliphatic carboxylic acids is 1. The molecule has 1 amide bonds. The van der Waals surface area contributed by atoms with Gasteiger partial charge in [-0.3, -0.25) is 4.79 Å². The van der Waals surface area contributed by atoms with E-state index in [0.29, 0.717) is 16.0 Å². The molecule has 1 heterocycles. The predicted molar refractivity (Wildman–Crippen MR) is 104 cm³/mol. The molecule has 0 spiro atoms. The lowest BCUT2D eigenvalue weighted by molar-refractivity contribution is -0.132. The molecule has 1 aromatic heterocycles. The number of amides is 1. The maximum atomic E-state index is 13.7. The molecule has 28 heavy (non-hydrogen) atoms. The van der Waals surface area contributed by atoms with Crippen LogP contribution < -0.4 is 5.32 Å². The van der Waals surface area contributed by atoms with E-state index >= 15 is 0 Å². The van der Waals surface area contributed by atoms with Crippen LogP contribution in [-0.2, 0) is 4.79 Å². The molecule has 0 saturated heterocycles. The summed E-state index contributed by atoms with van der Waals surface area (Å²) in [6.07, 6.45) is 1.26. The zero-order valence-corrected chi connectivity index (χ0v) is 15.7. The fraction of sp³-hybridized carbons (Fsp3) is 0. The number of benzene rings is 2. The molecule has 0 bridgehead atoms. The molecule has 3 rings (SSSR count). The van der Waals surface area contributed by atoms with Gasteiger partial charge in [0.25, 0.3) is 5.91 Å². The summed E-state index contributed by atoms with van der Waals surface area (Å²) < 4.78 is 26.7. The number of hydrogen-bond donors (Lipinski definition) is 2. The summed E-state index contributed by atoms with van der Waals surface area (Å²) in [4.78, 5) is 25.0. The van der Waals surface area contributed by atoms with Crippen LogP contribution in [-0.4, -0.2) is 17.0 Å². The van der Waals surface area contributed by atoms with Crippen molar-refractivity contribution in [3.8, 4) is 10.4 Å². The average molecular weight is 420 g/mol.